The van der Waals surface area contributed by atoms with Crippen LogP contribution in [0.25, 0.3) is 28.1 Å². The second kappa shape index (κ2) is 8.00. The van der Waals surface area contributed by atoms with Gasteiger partial charge in [0.05, 0.1) is 11.3 Å². The fourth-order valence-corrected chi connectivity index (χ4v) is 4.58. The molecule has 0 saturated heterocycles. The Hall–Kier alpha value is -4.50. The number of aromatic amines is 2. The molecule has 1 fully saturated rings. The van der Waals surface area contributed by atoms with Crippen LogP contribution in [0.15, 0.2) is 46.4 Å². The Morgan fingerprint density at radius 1 is 1.03 bits per heavy atom. The number of pyridine rings is 1. The molecule has 0 aliphatic heterocycles. The molecule has 2 atom stereocenters. The number of imidazole rings is 2. The largest absolute Gasteiger partial charge is 0.449 e. The van der Waals surface area contributed by atoms with Gasteiger partial charge in [0.15, 0.2) is 11.3 Å². The molecule has 0 spiro atoms. The van der Waals surface area contributed by atoms with Crippen molar-refractivity contribution in [3.63, 3.8) is 0 Å². The van der Waals surface area contributed by atoms with Crippen molar-refractivity contribution in [2.45, 2.75) is 37.2 Å². The summed E-state index contributed by atoms with van der Waals surface area (Å²) in [6.45, 7) is -1.89. The highest BCUT2D eigenvalue weighted by molar-refractivity contribution is 5.72. The van der Waals surface area contributed by atoms with Gasteiger partial charge in [0.25, 0.3) is 5.56 Å². The number of rotatable bonds is 4. The zero-order valence-electron chi connectivity index (χ0n) is 18.8. The average molecular weight is 536 g/mol. The Morgan fingerprint density at radius 2 is 1.82 bits per heavy atom. The predicted molar refractivity (Wildman–Crippen MR) is 118 cm³/mol. The molecule has 16 heteroatoms. The van der Waals surface area contributed by atoms with Crippen LogP contribution in [-0.4, -0.2) is 45.3 Å². The number of hydrogen-bond donors (Lipinski definition) is 2. The Balaban J connectivity index is 1.42. The standard InChI is InChI=1S/C22H14F6N8O2/c23-21(24,25)8-35-17-14(32-19(35)22(26,27)28)2-1-13(31-17)10-5-9(10)11-6-15(34-36-4-3-29-16(11)36)12-7-30-20(38)33-18(12)37/h1-4,6-7,9-10H,5,8H2,(H2,30,33,37,38)/t9-,10-/m0/s1. The van der Waals surface area contributed by atoms with Crippen molar-refractivity contribution >= 4 is 16.8 Å². The number of hydrogen-bond acceptors (Lipinski definition) is 6. The highest BCUT2D eigenvalue weighted by Gasteiger charge is 2.44. The Morgan fingerprint density at radius 3 is 2.53 bits per heavy atom. The summed E-state index contributed by atoms with van der Waals surface area (Å²) in [7, 11) is 0. The lowest BCUT2D eigenvalue weighted by atomic mass is 10.1. The molecule has 196 valence electrons. The van der Waals surface area contributed by atoms with Gasteiger partial charge in [0, 0.05) is 35.8 Å². The molecule has 2 N–H and O–H groups in total. The van der Waals surface area contributed by atoms with Crippen molar-refractivity contribution in [3.05, 3.63) is 74.7 Å². The Labute approximate surface area is 206 Å². The maximum atomic E-state index is 13.4. The van der Waals surface area contributed by atoms with E-state index in [0.29, 0.717) is 23.3 Å². The van der Waals surface area contributed by atoms with Gasteiger partial charge in [0.1, 0.15) is 12.1 Å². The lowest BCUT2D eigenvalue weighted by molar-refractivity contribution is -0.160. The van der Waals surface area contributed by atoms with Crippen LogP contribution in [0, 0.1) is 0 Å². The van der Waals surface area contributed by atoms with E-state index >= 15 is 0 Å². The summed E-state index contributed by atoms with van der Waals surface area (Å²) >= 11 is 0. The first-order chi connectivity index (χ1) is 17.9. The van der Waals surface area contributed by atoms with Gasteiger partial charge in [-0.15, -0.1) is 0 Å². The van der Waals surface area contributed by atoms with E-state index in [-0.39, 0.29) is 33.2 Å². The van der Waals surface area contributed by atoms with Crippen LogP contribution in [0.5, 0.6) is 0 Å². The van der Waals surface area contributed by atoms with Gasteiger partial charge in [0.2, 0.25) is 5.82 Å². The van der Waals surface area contributed by atoms with Crippen molar-refractivity contribution in [1.82, 2.24) is 39.1 Å². The van der Waals surface area contributed by atoms with E-state index in [4.69, 9.17) is 0 Å². The van der Waals surface area contributed by atoms with Crippen molar-refractivity contribution in [2.75, 3.05) is 0 Å². The number of alkyl halides is 6. The topological polar surface area (TPSA) is 127 Å². The first kappa shape index (κ1) is 23.9. The van der Waals surface area contributed by atoms with Gasteiger partial charge in [-0.25, -0.2) is 24.3 Å². The van der Waals surface area contributed by atoms with E-state index in [1.165, 1.54) is 29.0 Å². The van der Waals surface area contributed by atoms with Crippen LogP contribution in [0.3, 0.4) is 0 Å². The average Bonchev–Trinajstić information content (AvgIpc) is 3.32. The van der Waals surface area contributed by atoms with Gasteiger partial charge < -0.3 is 4.98 Å². The first-order valence-corrected chi connectivity index (χ1v) is 11.1. The van der Waals surface area contributed by atoms with E-state index in [0.717, 1.165) is 0 Å². The van der Waals surface area contributed by atoms with Crippen LogP contribution in [0.2, 0.25) is 0 Å². The molecule has 38 heavy (non-hydrogen) atoms. The molecule has 0 radical (unpaired) electrons. The molecule has 0 unspecified atom stereocenters. The zero-order chi connectivity index (χ0) is 27.0. The lowest BCUT2D eigenvalue weighted by Crippen LogP contribution is -2.23. The highest BCUT2D eigenvalue weighted by Crippen LogP contribution is 2.55. The molecule has 5 heterocycles. The fraction of sp³-hybridized carbons (Fsp3) is 0.273. The predicted octanol–water partition coefficient (Wildman–Crippen LogP) is 3.37. The molecule has 5 aromatic heterocycles. The summed E-state index contributed by atoms with van der Waals surface area (Å²) in [6, 6.07) is 4.28. The van der Waals surface area contributed by atoms with Crippen LogP contribution in [0.1, 0.15) is 35.3 Å². The second-order valence-electron chi connectivity index (χ2n) is 8.83. The normalized spacial score (nSPS) is 17.9. The van der Waals surface area contributed by atoms with Crippen LogP contribution < -0.4 is 11.2 Å². The smallest absolute Gasteiger partial charge is 0.313 e. The third-order valence-electron chi connectivity index (χ3n) is 6.26. The number of fused-ring (bicyclic) bond motifs is 2. The molecule has 0 amide bonds. The van der Waals surface area contributed by atoms with E-state index in [9.17, 15) is 35.9 Å². The summed E-state index contributed by atoms with van der Waals surface area (Å²) in [5, 5.41) is 4.35. The van der Waals surface area contributed by atoms with Crippen LogP contribution in [0.4, 0.5) is 26.3 Å². The summed E-state index contributed by atoms with van der Waals surface area (Å²) in [5.74, 6) is -2.27. The highest BCUT2D eigenvalue weighted by atomic mass is 19.4. The molecule has 0 bridgehead atoms. The molecular formula is C22H14F6N8O2. The molecule has 5 aromatic rings. The van der Waals surface area contributed by atoms with Crippen LogP contribution in [-0.2, 0) is 12.7 Å². The van der Waals surface area contributed by atoms with Gasteiger partial charge in [-0.2, -0.15) is 31.4 Å². The van der Waals surface area contributed by atoms with Gasteiger partial charge in [-0.05, 0) is 30.5 Å². The van der Waals surface area contributed by atoms with Gasteiger partial charge in [-0.3, -0.25) is 14.3 Å². The summed E-state index contributed by atoms with van der Waals surface area (Å²) in [4.78, 5) is 40.0. The molecule has 1 saturated carbocycles. The molecule has 6 rings (SSSR count). The number of nitrogens with one attached hydrogen (secondary N) is 2. The number of halogens is 6. The van der Waals surface area contributed by atoms with Crippen molar-refractivity contribution < 1.29 is 26.3 Å². The Bertz CT molecular complexity index is 1830. The van der Waals surface area contributed by atoms with E-state index in [1.807, 2.05) is 0 Å². The third kappa shape index (κ3) is 4.10. The van der Waals surface area contributed by atoms with E-state index in [2.05, 4.69) is 30.0 Å². The van der Waals surface area contributed by atoms with Crippen molar-refractivity contribution in [2.24, 2.45) is 0 Å². The maximum absolute atomic E-state index is 13.4. The number of H-pyrrole nitrogens is 2. The summed E-state index contributed by atoms with van der Waals surface area (Å²) in [6.07, 6.45) is -5.29. The van der Waals surface area contributed by atoms with Crippen molar-refractivity contribution in [3.8, 4) is 11.3 Å². The van der Waals surface area contributed by atoms with E-state index < -0.39 is 41.6 Å². The van der Waals surface area contributed by atoms with Crippen molar-refractivity contribution in [1.29, 1.82) is 0 Å². The maximum Gasteiger partial charge on any atom is 0.449 e. The number of aromatic nitrogens is 8. The molecular weight excluding hydrogens is 522 g/mol. The first-order valence-electron chi connectivity index (χ1n) is 11.1. The minimum atomic E-state index is -5.10. The molecule has 0 aromatic carbocycles. The monoisotopic (exact) mass is 536 g/mol. The fourth-order valence-electron chi connectivity index (χ4n) is 4.58. The zero-order valence-corrected chi connectivity index (χ0v) is 18.8. The molecule has 10 nitrogen and oxygen atoms in total. The van der Waals surface area contributed by atoms with Gasteiger partial charge >= 0.3 is 18.0 Å². The third-order valence-corrected chi connectivity index (χ3v) is 6.26. The molecule has 1 aliphatic carbocycles. The minimum Gasteiger partial charge on any atom is -0.313 e. The minimum absolute atomic E-state index is 0.0377. The van der Waals surface area contributed by atoms with Crippen LogP contribution >= 0.6 is 0 Å². The Kier molecular flexibility index (Phi) is 5.02. The van der Waals surface area contributed by atoms with E-state index in [1.54, 1.807) is 12.3 Å². The number of nitrogens with zero attached hydrogens (tertiary/aromatic N) is 6. The summed E-state index contributed by atoms with van der Waals surface area (Å²) in [5.41, 5.74) is -0.439. The molecule has 1 aliphatic rings. The quantitative estimate of drug-likeness (QED) is 0.339. The SMILES string of the molecule is O=c1[nH]cc(-c2cc([C@H]3C[C@@H]3c3ccc4nc(C(F)(F)F)n(CC(F)(F)F)c4n3)c3nccn3n2)c(=O)[nH]1. The second-order valence-corrected chi connectivity index (χ2v) is 8.83. The lowest BCUT2D eigenvalue weighted by Gasteiger charge is -2.13. The van der Waals surface area contributed by atoms with Gasteiger partial charge in [-0.1, -0.05) is 0 Å². The summed E-state index contributed by atoms with van der Waals surface area (Å²) < 4.78 is 81.1.